The Morgan fingerprint density at radius 2 is 2.15 bits per heavy atom. The first-order chi connectivity index (χ1) is 9.68. The van der Waals surface area contributed by atoms with Crippen molar-refractivity contribution < 1.29 is 9.53 Å². The fraction of sp³-hybridized carbons (Fsp3) is 0.667. The molecule has 0 radical (unpaired) electrons. The molecule has 2 aliphatic rings. The highest BCUT2D eigenvalue weighted by atomic mass is 32.1. The second-order valence-electron chi connectivity index (χ2n) is 5.90. The number of ether oxygens (including phenoxy) is 1. The van der Waals surface area contributed by atoms with Crippen molar-refractivity contribution in [2.24, 2.45) is 5.92 Å². The van der Waals surface area contributed by atoms with Gasteiger partial charge in [0.25, 0.3) is 0 Å². The SMILES string of the molecule is CC(C)C1NC(c2cccs2)N(C2CCOCC2)C1=O. The monoisotopic (exact) mass is 294 g/mol. The molecule has 110 valence electrons. The predicted octanol–water partition coefficient (Wildman–Crippen LogP) is 2.38. The van der Waals surface area contributed by atoms with Crippen LogP contribution in [0.3, 0.4) is 0 Å². The summed E-state index contributed by atoms with van der Waals surface area (Å²) in [6, 6.07) is 4.41. The summed E-state index contributed by atoms with van der Waals surface area (Å²) in [4.78, 5) is 16.1. The molecular weight excluding hydrogens is 272 g/mol. The van der Waals surface area contributed by atoms with Crippen molar-refractivity contribution in [3.63, 3.8) is 0 Å². The molecule has 0 saturated carbocycles. The molecule has 3 rings (SSSR count). The lowest BCUT2D eigenvalue weighted by atomic mass is 10.0. The normalized spacial score (nSPS) is 28.6. The van der Waals surface area contributed by atoms with Gasteiger partial charge in [0, 0.05) is 24.1 Å². The molecule has 1 N–H and O–H groups in total. The van der Waals surface area contributed by atoms with E-state index in [1.165, 1.54) is 4.88 Å². The molecular formula is C15H22N2O2S. The van der Waals surface area contributed by atoms with Crippen LogP contribution in [0.5, 0.6) is 0 Å². The second-order valence-corrected chi connectivity index (χ2v) is 6.87. The first-order valence-electron chi connectivity index (χ1n) is 7.38. The largest absolute Gasteiger partial charge is 0.381 e. The Hall–Kier alpha value is -0.910. The maximum Gasteiger partial charge on any atom is 0.241 e. The Morgan fingerprint density at radius 3 is 2.75 bits per heavy atom. The lowest BCUT2D eigenvalue weighted by molar-refractivity contribution is -0.134. The Labute approximate surface area is 124 Å². The standard InChI is InChI=1S/C15H22N2O2S/c1-10(2)13-15(18)17(11-5-7-19-8-6-11)14(16-13)12-4-3-9-20-12/h3-4,9-11,13-14,16H,5-8H2,1-2H3. The number of amides is 1. The highest BCUT2D eigenvalue weighted by Gasteiger charge is 2.44. The summed E-state index contributed by atoms with van der Waals surface area (Å²) in [5.74, 6) is 0.570. The van der Waals surface area contributed by atoms with Crippen LogP contribution in [-0.4, -0.2) is 36.1 Å². The van der Waals surface area contributed by atoms with E-state index >= 15 is 0 Å². The highest BCUT2D eigenvalue weighted by molar-refractivity contribution is 7.10. The third-order valence-electron chi connectivity index (χ3n) is 4.20. The Bertz CT molecular complexity index is 454. The fourth-order valence-electron chi connectivity index (χ4n) is 3.11. The molecule has 2 aliphatic heterocycles. The zero-order valence-electron chi connectivity index (χ0n) is 12.0. The van der Waals surface area contributed by atoms with E-state index < -0.39 is 0 Å². The van der Waals surface area contributed by atoms with Gasteiger partial charge in [-0.15, -0.1) is 11.3 Å². The predicted molar refractivity (Wildman–Crippen MR) is 79.5 cm³/mol. The average Bonchev–Trinajstić information content (AvgIpc) is 3.06. The highest BCUT2D eigenvalue weighted by Crippen LogP contribution is 2.34. The maximum absolute atomic E-state index is 12.8. The summed E-state index contributed by atoms with van der Waals surface area (Å²) in [7, 11) is 0. The average molecular weight is 294 g/mol. The smallest absolute Gasteiger partial charge is 0.241 e. The zero-order valence-corrected chi connectivity index (χ0v) is 12.9. The summed E-state index contributed by atoms with van der Waals surface area (Å²) < 4.78 is 5.44. The molecule has 2 atom stereocenters. The minimum atomic E-state index is -0.0649. The minimum Gasteiger partial charge on any atom is -0.381 e. The van der Waals surface area contributed by atoms with E-state index in [2.05, 4.69) is 41.6 Å². The number of thiophene rings is 1. The molecule has 0 aromatic carbocycles. The van der Waals surface area contributed by atoms with Crippen LogP contribution >= 0.6 is 11.3 Å². The van der Waals surface area contributed by atoms with Gasteiger partial charge in [-0.2, -0.15) is 0 Å². The van der Waals surface area contributed by atoms with Crippen LogP contribution in [-0.2, 0) is 9.53 Å². The number of hydrogen-bond acceptors (Lipinski definition) is 4. The van der Waals surface area contributed by atoms with Crippen molar-refractivity contribution in [3.8, 4) is 0 Å². The fourth-order valence-corrected chi connectivity index (χ4v) is 3.89. The second kappa shape index (κ2) is 5.84. The van der Waals surface area contributed by atoms with Gasteiger partial charge in [-0.3, -0.25) is 10.1 Å². The maximum atomic E-state index is 12.8. The topological polar surface area (TPSA) is 41.6 Å². The molecule has 1 amide bonds. The molecule has 4 nitrogen and oxygen atoms in total. The third kappa shape index (κ3) is 2.50. The van der Waals surface area contributed by atoms with Crippen LogP contribution in [0.4, 0.5) is 0 Å². The van der Waals surface area contributed by atoms with Crippen molar-refractivity contribution in [1.82, 2.24) is 10.2 Å². The molecule has 2 saturated heterocycles. The molecule has 0 bridgehead atoms. The van der Waals surface area contributed by atoms with Crippen LogP contribution in [0.15, 0.2) is 17.5 Å². The van der Waals surface area contributed by atoms with Gasteiger partial charge in [0.15, 0.2) is 0 Å². The van der Waals surface area contributed by atoms with Crippen molar-refractivity contribution in [2.45, 2.75) is 44.9 Å². The van der Waals surface area contributed by atoms with E-state index in [0.29, 0.717) is 12.0 Å². The van der Waals surface area contributed by atoms with Gasteiger partial charge in [-0.1, -0.05) is 19.9 Å². The molecule has 0 aliphatic carbocycles. The summed E-state index contributed by atoms with van der Waals surface area (Å²) in [5.41, 5.74) is 0. The van der Waals surface area contributed by atoms with E-state index in [-0.39, 0.29) is 18.1 Å². The quantitative estimate of drug-likeness (QED) is 0.930. The van der Waals surface area contributed by atoms with Crippen molar-refractivity contribution in [1.29, 1.82) is 0 Å². The molecule has 3 heterocycles. The van der Waals surface area contributed by atoms with E-state index in [0.717, 1.165) is 26.1 Å². The van der Waals surface area contributed by atoms with E-state index in [4.69, 9.17) is 4.74 Å². The number of nitrogens with one attached hydrogen (secondary N) is 1. The van der Waals surface area contributed by atoms with Crippen molar-refractivity contribution in [3.05, 3.63) is 22.4 Å². The summed E-state index contributed by atoms with van der Waals surface area (Å²) in [5, 5.41) is 5.61. The molecule has 2 fully saturated rings. The Morgan fingerprint density at radius 1 is 1.40 bits per heavy atom. The van der Waals surface area contributed by atoms with E-state index in [9.17, 15) is 4.79 Å². The lowest BCUT2D eigenvalue weighted by Gasteiger charge is -2.34. The van der Waals surface area contributed by atoms with Gasteiger partial charge >= 0.3 is 0 Å². The molecule has 20 heavy (non-hydrogen) atoms. The Kier molecular flexibility index (Phi) is 4.10. The van der Waals surface area contributed by atoms with Gasteiger partial charge < -0.3 is 9.64 Å². The number of carbonyl (C=O) groups is 1. The molecule has 1 aromatic heterocycles. The van der Waals surface area contributed by atoms with Crippen LogP contribution in [0, 0.1) is 5.92 Å². The van der Waals surface area contributed by atoms with Crippen LogP contribution in [0.25, 0.3) is 0 Å². The molecule has 2 unspecified atom stereocenters. The molecule has 1 aromatic rings. The van der Waals surface area contributed by atoms with Crippen molar-refractivity contribution in [2.75, 3.05) is 13.2 Å². The van der Waals surface area contributed by atoms with Gasteiger partial charge in [0.2, 0.25) is 5.91 Å². The minimum absolute atomic E-state index is 0.0398. The van der Waals surface area contributed by atoms with Gasteiger partial charge in [-0.05, 0) is 30.2 Å². The number of nitrogens with zero attached hydrogens (tertiary/aromatic N) is 1. The van der Waals surface area contributed by atoms with Gasteiger partial charge in [-0.25, -0.2) is 0 Å². The van der Waals surface area contributed by atoms with Crippen LogP contribution < -0.4 is 5.32 Å². The lowest BCUT2D eigenvalue weighted by Crippen LogP contribution is -2.43. The first-order valence-corrected chi connectivity index (χ1v) is 8.26. The summed E-state index contributed by atoms with van der Waals surface area (Å²) >= 11 is 1.72. The van der Waals surface area contributed by atoms with Crippen LogP contribution in [0.2, 0.25) is 0 Å². The van der Waals surface area contributed by atoms with Gasteiger partial charge in [0.1, 0.15) is 6.17 Å². The van der Waals surface area contributed by atoms with Gasteiger partial charge in [0.05, 0.1) is 6.04 Å². The molecule has 5 heteroatoms. The van der Waals surface area contributed by atoms with Crippen molar-refractivity contribution >= 4 is 17.2 Å². The summed E-state index contributed by atoms with van der Waals surface area (Å²) in [6.07, 6.45) is 1.93. The summed E-state index contributed by atoms with van der Waals surface area (Å²) in [6.45, 7) is 5.74. The van der Waals surface area contributed by atoms with Crippen LogP contribution in [0.1, 0.15) is 37.7 Å². The number of rotatable bonds is 3. The number of hydrogen-bond donors (Lipinski definition) is 1. The molecule has 0 spiro atoms. The Balaban J connectivity index is 1.87. The van der Waals surface area contributed by atoms with E-state index in [1.807, 2.05) is 0 Å². The van der Waals surface area contributed by atoms with E-state index in [1.54, 1.807) is 11.3 Å². The zero-order chi connectivity index (χ0) is 14.1. The first kappa shape index (κ1) is 14.0. The third-order valence-corrected chi connectivity index (χ3v) is 5.12. The number of carbonyl (C=O) groups excluding carboxylic acids is 1.